The van der Waals surface area contributed by atoms with Crippen molar-refractivity contribution in [2.24, 2.45) is 0 Å². The minimum Gasteiger partial charge on any atom is -0.465 e. The largest absolute Gasteiger partial charge is 0.465 e. The van der Waals surface area contributed by atoms with E-state index in [2.05, 4.69) is 14.8 Å². The predicted octanol–water partition coefficient (Wildman–Crippen LogP) is 2.72. The quantitative estimate of drug-likeness (QED) is 0.426. The topological polar surface area (TPSA) is 84.5 Å². The summed E-state index contributed by atoms with van der Waals surface area (Å²) in [6.07, 6.45) is 7.26. The zero-order valence-corrected chi connectivity index (χ0v) is 16.0. The van der Waals surface area contributed by atoms with Gasteiger partial charge in [0, 0.05) is 24.2 Å². The number of sulfonamides is 1. The van der Waals surface area contributed by atoms with Crippen molar-refractivity contribution in [1.29, 1.82) is 0 Å². The molecule has 0 aliphatic heterocycles. The van der Waals surface area contributed by atoms with Gasteiger partial charge >= 0.3 is 5.97 Å². The van der Waals surface area contributed by atoms with Gasteiger partial charge in [0.15, 0.2) is 0 Å². The summed E-state index contributed by atoms with van der Waals surface area (Å²) in [7, 11) is -2.62. The van der Waals surface area contributed by atoms with E-state index in [4.69, 9.17) is 11.6 Å². The van der Waals surface area contributed by atoms with Gasteiger partial charge in [-0.2, -0.15) is 0 Å². The molecule has 0 amide bonds. The molecule has 0 aromatic heterocycles. The Morgan fingerprint density at radius 3 is 2.52 bits per heavy atom. The number of hydrogen-bond acceptors (Lipinski definition) is 5. The van der Waals surface area contributed by atoms with Gasteiger partial charge in [0.2, 0.25) is 10.0 Å². The first-order valence-corrected chi connectivity index (χ1v) is 10.4. The molecule has 1 aromatic rings. The molecule has 2 N–H and O–H groups in total. The van der Waals surface area contributed by atoms with Crippen molar-refractivity contribution in [2.75, 3.05) is 20.2 Å². The first-order chi connectivity index (χ1) is 11.9. The molecule has 0 atom stereocenters. The van der Waals surface area contributed by atoms with Crippen LogP contribution in [0.4, 0.5) is 0 Å². The fraction of sp³-hybridized carbons (Fsp3) is 0.588. The van der Waals surface area contributed by atoms with Crippen LogP contribution in [0.3, 0.4) is 0 Å². The lowest BCUT2D eigenvalue weighted by atomic mass is 10.1. The SMILES string of the molecule is COC(=O)c1cc(Cl)ccc1S(=O)(=O)NCCNC1CCCCCC1. The van der Waals surface area contributed by atoms with Crippen molar-refractivity contribution in [3.8, 4) is 0 Å². The molecular formula is C17H25ClN2O4S. The van der Waals surface area contributed by atoms with Gasteiger partial charge in [-0.05, 0) is 31.0 Å². The smallest absolute Gasteiger partial charge is 0.339 e. The van der Waals surface area contributed by atoms with E-state index in [9.17, 15) is 13.2 Å². The molecule has 2 rings (SSSR count). The van der Waals surface area contributed by atoms with Crippen LogP contribution in [0.15, 0.2) is 23.1 Å². The summed E-state index contributed by atoms with van der Waals surface area (Å²) in [5.74, 6) is -0.737. The number of esters is 1. The molecule has 25 heavy (non-hydrogen) atoms. The molecule has 6 nitrogen and oxygen atoms in total. The zero-order chi connectivity index (χ0) is 18.3. The van der Waals surface area contributed by atoms with Crippen LogP contribution in [0, 0.1) is 0 Å². The summed E-state index contributed by atoms with van der Waals surface area (Å²) in [5.41, 5.74) is -0.0702. The van der Waals surface area contributed by atoms with Crippen LogP contribution in [0.1, 0.15) is 48.9 Å². The summed E-state index contributed by atoms with van der Waals surface area (Å²) in [5, 5.41) is 3.68. The molecule has 0 heterocycles. The zero-order valence-electron chi connectivity index (χ0n) is 14.4. The third-order valence-corrected chi connectivity index (χ3v) is 6.10. The third kappa shape index (κ3) is 5.95. The van der Waals surface area contributed by atoms with E-state index in [1.165, 1.54) is 51.0 Å². The molecule has 0 bridgehead atoms. The summed E-state index contributed by atoms with van der Waals surface area (Å²) < 4.78 is 32.2. The van der Waals surface area contributed by atoms with Crippen molar-refractivity contribution < 1.29 is 17.9 Å². The summed E-state index contributed by atoms with van der Waals surface area (Å²) in [6.45, 7) is 0.799. The van der Waals surface area contributed by atoms with Crippen LogP contribution in [-0.4, -0.2) is 40.6 Å². The van der Waals surface area contributed by atoms with Gasteiger partial charge in [-0.15, -0.1) is 0 Å². The van der Waals surface area contributed by atoms with E-state index >= 15 is 0 Å². The van der Waals surface area contributed by atoms with Crippen LogP contribution in [-0.2, 0) is 14.8 Å². The number of benzene rings is 1. The van der Waals surface area contributed by atoms with Gasteiger partial charge in [0.1, 0.15) is 0 Å². The maximum Gasteiger partial charge on any atom is 0.339 e. The summed E-state index contributed by atoms with van der Waals surface area (Å²) in [6, 6.07) is 4.50. The molecule has 0 saturated heterocycles. The lowest BCUT2D eigenvalue weighted by Gasteiger charge is -2.16. The number of rotatable bonds is 7. The highest BCUT2D eigenvalue weighted by molar-refractivity contribution is 7.89. The monoisotopic (exact) mass is 388 g/mol. The maximum atomic E-state index is 12.5. The molecule has 0 unspecified atom stereocenters. The average molecular weight is 389 g/mol. The molecule has 1 fully saturated rings. The number of ether oxygens (including phenoxy) is 1. The third-order valence-electron chi connectivity index (χ3n) is 4.34. The second-order valence-electron chi connectivity index (χ2n) is 6.17. The molecule has 1 aliphatic carbocycles. The van der Waals surface area contributed by atoms with Gasteiger partial charge in [0.05, 0.1) is 17.6 Å². The molecule has 1 aromatic carbocycles. The van der Waals surface area contributed by atoms with Crippen LogP contribution >= 0.6 is 11.6 Å². The van der Waals surface area contributed by atoms with Crippen molar-refractivity contribution in [3.05, 3.63) is 28.8 Å². The molecule has 0 spiro atoms. The average Bonchev–Trinajstić information content (AvgIpc) is 2.86. The molecular weight excluding hydrogens is 364 g/mol. The molecule has 140 valence electrons. The van der Waals surface area contributed by atoms with E-state index in [0.717, 1.165) is 12.8 Å². The second kappa shape index (κ2) is 9.52. The number of halogens is 1. The highest BCUT2D eigenvalue weighted by Crippen LogP contribution is 2.21. The van der Waals surface area contributed by atoms with Crippen LogP contribution < -0.4 is 10.0 Å². The van der Waals surface area contributed by atoms with Crippen molar-refractivity contribution in [1.82, 2.24) is 10.0 Å². The second-order valence-corrected chi connectivity index (χ2v) is 8.34. The minimum atomic E-state index is -3.82. The van der Waals surface area contributed by atoms with Crippen LogP contribution in [0.25, 0.3) is 0 Å². The first-order valence-electron chi connectivity index (χ1n) is 8.55. The number of hydrogen-bond donors (Lipinski definition) is 2. The normalized spacial score (nSPS) is 16.4. The van der Waals surface area contributed by atoms with Crippen LogP contribution in [0.2, 0.25) is 5.02 Å². The molecule has 8 heteroatoms. The van der Waals surface area contributed by atoms with E-state index in [0.29, 0.717) is 12.6 Å². The Kier molecular flexibility index (Phi) is 7.68. The highest BCUT2D eigenvalue weighted by atomic mass is 35.5. The Labute approximate surface area is 154 Å². The Bertz CT molecular complexity index is 686. The van der Waals surface area contributed by atoms with Crippen LogP contribution in [0.5, 0.6) is 0 Å². The summed E-state index contributed by atoms with van der Waals surface area (Å²) in [4.78, 5) is 11.7. The van der Waals surface area contributed by atoms with Crippen molar-refractivity contribution in [3.63, 3.8) is 0 Å². The maximum absolute atomic E-state index is 12.5. The van der Waals surface area contributed by atoms with Gasteiger partial charge in [-0.1, -0.05) is 37.3 Å². The lowest BCUT2D eigenvalue weighted by molar-refractivity contribution is 0.0596. The number of nitrogens with one attached hydrogen (secondary N) is 2. The Hall–Kier alpha value is -1.15. The van der Waals surface area contributed by atoms with Gasteiger partial charge in [-0.3, -0.25) is 0 Å². The van der Waals surface area contributed by atoms with Gasteiger partial charge in [0.25, 0.3) is 0 Å². The molecule has 1 saturated carbocycles. The van der Waals surface area contributed by atoms with E-state index in [1.54, 1.807) is 0 Å². The summed E-state index contributed by atoms with van der Waals surface area (Å²) >= 11 is 5.86. The number of carbonyl (C=O) groups excluding carboxylic acids is 1. The predicted molar refractivity (Wildman–Crippen MR) is 97.5 cm³/mol. The lowest BCUT2D eigenvalue weighted by Crippen LogP contribution is -2.37. The van der Waals surface area contributed by atoms with Crippen molar-refractivity contribution in [2.45, 2.75) is 49.5 Å². The molecule has 0 radical (unpaired) electrons. The standard InChI is InChI=1S/C17H25ClN2O4S/c1-24-17(21)15-12-13(18)8-9-16(15)25(22,23)20-11-10-19-14-6-4-2-3-5-7-14/h8-9,12,14,19-20H,2-7,10-11H2,1H3. The Morgan fingerprint density at radius 2 is 1.88 bits per heavy atom. The van der Waals surface area contributed by atoms with Gasteiger partial charge in [-0.25, -0.2) is 17.9 Å². The van der Waals surface area contributed by atoms with Crippen molar-refractivity contribution >= 4 is 27.6 Å². The Morgan fingerprint density at radius 1 is 1.20 bits per heavy atom. The van der Waals surface area contributed by atoms with Gasteiger partial charge < -0.3 is 10.1 Å². The minimum absolute atomic E-state index is 0.0702. The van der Waals surface area contributed by atoms with E-state index in [1.807, 2.05) is 0 Å². The number of carbonyl (C=O) groups is 1. The van der Waals surface area contributed by atoms with E-state index < -0.39 is 16.0 Å². The number of methoxy groups -OCH3 is 1. The van der Waals surface area contributed by atoms with E-state index in [-0.39, 0.29) is 22.0 Å². The first kappa shape index (κ1) is 20.2. The fourth-order valence-electron chi connectivity index (χ4n) is 3.03. The fourth-order valence-corrected chi connectivity index (χ4v) is 4.41. The highest BCUT2D eigenvalue weighted by Gasteiger charge is 2.23. The Balaban J connectivity index is 1.96. The molecule has 1 aliphatic rings.